The van der Waals surface area contributed by atoms with Crippen molar-refractivity contribution in [3.8, 4) is 0 Å². The molecule has 26 heavy (non-hydrogen) atoms. The van der Waals surface area contributed by atoms with Crippen molar-refractivity contribution in [1.29, 1.82) is 0 Å². The van der Waals surface area contributed by atoms with Crippen molar-refractivity contribution in [2.75, 3.05) is 0 Å². The molecule has 1 heterocycles. The summed E-state index contributed by atoms with van der Waals surface area (Å²) in [7, 11) is -4.15. The third-order valence-electron chi connectivity index (χ3n) is 5.18. The molecule has 0 amide bonds. The molecule has 1 aliphatic rings. The molecular weight excluding hydrogens is 349 g/mol. The van der Waals surface area contributed by atoms with Crippen LogP contribution in [0.4, 0.5) is 0 Å². The summed E-state index contributed by atoms with van der Waals surface area (Å²) in [6, 6.07) is 14.6. The van der Waals surface area contributed by atoms with Crippen LogP contribution in [0.1, 0.15) is 38.8 Å². The molecule has 0 unspecified atom stereocenters. The van der Waals surface area contributed by atoms with Crippen molar-refractivity contribution in [1.82, 2.24) is 0 Å². The van der Waals surface area contributed by atoms with Gasteiger partial charge in [-0.3, -0.25) is 0 Å². The minimum absolute atomic E-state index is 0.162. The van der Waals surface area contributed by atoms with E-state index in [1.165, 1.54) is 6.07 Å². The molecule has 2 N–H and O–H groups in total. The quantitative estimate of drug-likeness (QED) is 0.834. The highest BCUT2D eigenvalue weighted by atomic mass is 32.2. The van der Waals surface area contributed by atoms with Gasteiger partial charge in [-0.2, -0.15) is 0 Å². The van der Waals surface area contributed by atoms with Gasteiger partial charge in [0.15, 0.2) is 0 Å². The zero-order valence-corrected chi connectivity index (χ0v) is 16.3. The smallest absolute Gasteiger partial charge is 0.399 e. The maximum Gasteiger partial charge on any atom is 0.494 e. The maximum atomic E-state index is 11.7. The molecule has 0 spiro atoms. The molecule has 3 rings (SSSR count). The zero-order chi connectivity index (χ0) is 19.2. The first-order valence-corrected chi connectivity index (χ1v) is 10.1. The van der Waals surface area contributed by atoms with Gasteiger partial charge in [-0.1, -0.05) is 42.5 Å². The first kappa shape index (κ1) is 19.1. The summed E-state index contributed by atoms with van der Waals surface area (Å²) >= 11 is 0. The largest absolute Gasteiger partial charge is 0.494 e. The van der Waals surface area contributed by atoms with Crippen molar-refractivity contribution < 1.29 is 17.7 Å². The van der Waals surface area contributed by atoms with Crippen molar-refractivity contribution in [3.63, 3.8) is 0 Å². The summed E-state index contributed by atoms with van der Waals surface area (Å²) in [4.78, 5) is 0.162. The van der Waals surface area contributed by atoms with Gasteiger partial charge in [-0.15, -0.1) is 0 Å². The number of hydrogen-bond acceptors (Lipinski definition) is 4. The number of hydrogen-bond donors (Lipinski definition) is 1. The van der Waals surface area contributed by atoms with Gasteiger partial charge < -0.3 is 9.31 Å². The number of sulfonamides is 1. The van der Waals surface area contributed by atoms with Crippen LogP contribution in [0.5, 0.6) is 0 Å². The molecule has 0 atom stereocenters. The second-order valence-electron chi connectivity index (χ2n) is 7.66. The van der Waals surface area contributed by atoms with Crippen LogP contribution in [0.25, 0.3) is 0 Å². The van der Waals surface area contributed by atoms with Crippen LogP contribution >= 0.6 is 0 Å². The van der Waals surface area contributed by atoms with E-state index in [-0.39, 0.29) is 16.1 Å². The first-order valence-electron chi connectivity index (χ1n) is 8.55. The Morgan fingerprint density at radius 1 is 0.923 bits per heavy atom. The Morgan fingerprint density at radius 3 is 2.00 bits per heavy atom. The summed E-state index contributed by atoms with van der Waals surface area (Å²) in [5.41, 5.74) is 1.84. The van der Waals surface area contributed by atoms with E-state index >= 15 is 0 Å². The SMILES string of the molecule is CC1(C)OB(c2ccc(Cc3ccccc3S(N)(=O)=O)cc2)OC1(C)C. The van der Waals surface area contributed by atoms with E-state index in [2.05, 4.69) is 0 Å². The Morgan fingerprint density at radius 2 is 1.46 bits per heavy atom. The van der Waals surface area contributed by atoms with Crippen molar-refractivity contribution >= 4 is 22.6 Å². The fourth-order valence-electron chi connectivity index (χ4n) is 2.92. The van der Waals surface area contributed by atoms with E-state index in [1.807, 2.05) is 58.0 Å². The number of rotatable bonds is 4. The molecule has 0 aromatic heterocycles. The van der Waals surface area contributed by atoms with Crippen LogP contribution in [-0.4, -0.2) is 26.7 Å². The van der Waals surface area contributed by atoms with Crippen LogP contribution in [-0.2, 0) is 25.8 Å². The van der Waals surface area contributed by atoms with Crippen LogP contribution in [0.15, 0.2) is 53.4 Å². The first-order chi connectivity index (χ1) is 12.0. The van der Waals surface area contributed by atoms with Gasteiger partial charge in [0.25, 0.3) is 0 Å². The third-order valence-corrected chi connectivity index (χ3v) is 6.19. The monoisotopic (exact) mass is 373 g/mol. The van der Waals surface area contributed by atoms with Crippen molar-refractivity contribution in [3.05, 3.63) is 59.7 Å². The van der Waals surface area contributed by atoms with Crippen LogP contribution in [0.3, 0.4) is 0 Å². The van der Waals surface area contributed by atoms with E-state index < -0.39 is 17.1 Å². The summed E-state index contributed by atoms with van der Waals surface area (Å²) in [5, 5.41) is 5.31. The van der Waals surface area contributed by atoms with Gasteiger partial charge in [-0.05, 0) is 56.8 Å². The molecule has 5 nitrogen and oxygen atoms in total. The molecule has 1 saturated heterocycles. The molecule has 0 bridgehead atoms. The molecule has 0 saturated carbocycles. The standard InChI is InChI=1S/C19H24BNO4S/c1-18(2)19(3,4)25-20(24-18)16-11-9-14(10-12-16)13-15-7-5-6-8-17(15)26(21,22)23/h5-12H,13H2,1-4H3,(H2,21,22,23). The van der Waals surface area contributed by atoms with Crippen LogP contribution in [0.2, 0.25) is 0 Å². The lowest BCUT2D eigenvalue weighted by Crippen LogP contribution is -2.41. The molecule has 2 aromatic carbocycles. The normalized spacial score (nSPS) is 18.9. The number of benzene rings is 2. The summed E-state index contributed by atoms with van der Waals surface area (Å²) in [6.07, 6.45) is 0.482. The fourth-order valence-corrected chi connectivity index (χ4v) is 3.69. The molecular formula is C19H24BNO4S. The average molecular weight is 373 g/mol. The highest BCUT2D eigenvalue weighted by Gasteiger charge is 2.51. The zero-order valence-electron chi connectivity index (χ0n) is 15.5. The molecule has 1 fully saturated rings. The fraction of sp³-hybridized carbons (Fsp3) is 0.368. The van der Waals surface area contributed by atoms with E-state index in [1.54, 1.807) is 12.1 Å². The van der Waals surface area contributed by atoms with E-state index in [0.717, 1.165) is 11.0 Å². The lowest BCUT2D eigenvalue weighted by atomic mass is 9.78. The lowest BCUT2D eigenvalue weighted by molar-refractivity contribution is 0.00578. The highest BCUT2D eigenvalue weighted by molar-refractivity contribution is 7.89. The second-order valence-corrected chi connectivity index (χ2v) is 9.19. The maximum absolute atomic E-state index is 11.7. The predicted molar refractivity (Wildman–Crippen MR) is 103 cm³/mol. The van der Waals surface area contributed by atoms with Gasteiger partial charge in [0.05, 0.1) is 16.1 Å². The Bertz CT molecular complexity index is 891. The summed E-state index contributed by atoms with van der Waals surface area (Å²) < 4.78 is 35.6. The highest BCUT2D eigenvalue weighted by Crippen LogP contribution is 2.36. The average Bonchev–Trinajstić information content (AvgIpc) is 2.75. The van der Waals surface area contributed by atoms with Crippen LogP contribution < -0.4 is 10.6 Å². The molecule has 0 radical (unpaired) electrons. The Kier molecular flexibility index (Phi) is 4.77. The third kappa shape index (κ3) is 3.71. The van der Waals surface area contributed by atoms with Gasteiger partial charge in [0, 0.05) is 0 Å². The summed E-state index contributed by atoms with van der Waals surface area (Å²) in [6.45, 7) is 8.08. The lowest BCUT2D eigenvalue weighted by Gasteiger charge is -2.32. The van der Waals surface area contributed by atoms with E-state index in [0.29, 0.717) is 12.0 Å². The molecule has 0 aliphatic carbocycles. The molecule has 138 valence electrons. The van der Waals surface area contributed by atoms with Gasteiger partial charge in [-0.25, -0.2) is 13.6 Å². The number of nitrogens with two attached hydrogens (primary N) is 1. The molecule has 2 aromatic rings. The predicted octanol–water partition coefficient (Wildman–Crippen LogP) is 2.22. The summed E-state index contributed by atoms with van der Waals surface area (Å²) in [5.74, 6) is 0. The van der Waals surface area contributed by atoms with Gasteiger partial charge >= 0.3 is 7.12 Å². The van der Waals surface area contributed by atoms with Gasteiger partial charge in [0.1, 0.15) is 0 Å². The van der Waals surface area contributed by atoms with Crippen LogP contribution in [0, 0.1) is 0 Å². The van der Waals surface area contributed by atoms with Gasteiger partial charge in [0.2, 0.25) is 10.0 Å². The second kappa shape index (κ2) is 6.49. The number of primary sulfonamides is 1. The topological polar surface area (TPSA) is 78.6 Å². The Labute approximate surface area is 155 Å². The molecule has 1 aliphatic heterocycles. The van der Waals surface area contributed by atoms with Crippen molar-refractivity contribution in [2.24, 2.45) is 5.14 Å². The van der Waals surface area contributed by atoms with Crippen molar-refractivity contribution in [2.45, 2.75) is 50.2 Å². The molecule has 7 heteroatoms. The van der Waals surface area contributed by atoms with E-state index in [4.69, 9.17) is 14.4 Å². The Hall–Kier alpha value is -1.67. The minimum atomic E-state index is -3.74. The van der Waals surface area contributed by atoms with E-state index in [9.17, 15) is 8.42 Å². The Balaban J connectivity index is 1.80. The minimum Gasteiger partial charge on any atom is -0.399 e.